The number of carbonyl (C=O) groups excluding carboxylic acids is 1. The van der Waals surface area contributed by atoms with Crippen LogP contribution in [0.15, 0.2) is 53.4 Å². The van der Waals surface area contributed by atoms with Crippen LogP contribution in [0.1, 0.15) is 30.0 Å². The van der Waals surface area contributed by atoms with Gasteiger partial charge in [0.25, 0.3) is 0 Å². The van der Waals surface area contributed by atoms with Crippen LogP contribution in [0.2, 0.25) is 0 Å². The van der Waals surface area contributed by atoms with Gasteiger partial charge < -0.3 is 5.32 Å². The molecule has 1 unspecified atom stereocenters. The third-order valence-electron chi connectivity index (χ3n) is 3.83. The molecule has 114 valence electrons. The van der Waals surface area contributed by atoms with Crippen molar-refractivity contribution in [1.82, 2.24) is 5.32 Å². The predicted molar refractivity (Wildman–Crippen MR) is 87.4 cm³/mol. The Morgan fingerprint density at radius 1 is 1.23 bits per heavy atom. The highest BCUT2D eigenvalue weighted by Crippen LogP contribution is 2.36. The van der Waals surface area contributed by atoms with Crippen molar-refractivity contribution in [2.75, 3.05) is 5.75 Å². The maximum atomic E-state index is 13.5. The summed E-state index contributed by atoms with van der Waals surface area (Å²) in [5.74, 6) is 0.725. The Balaban J connectivity index is 1.62. The van der Waals surface area contributed by atoms with Gasteiger partial charge in [-0.3, -0.25) is 4.79 Å². The SMILES string of the molecule is O=C(CCc1ccccc1)NC1CCSc2ccc(F)cc21. The number of fused-ring (bicyclic) bond motifs is 1. The number of nitrogens with one attached hydrogen (secondary N) is 1. The van der Waals surface area contributed by atoms with E-state index in [9.17, 15) is 9.18 Å². The van der Waals surface area contributed by atoms with Gasteiger partial charge in [-0.25, -0.2) is 4.39 Å². The van der Waals surface area contributed by atoms with Crippen LogP contribution in [0, 0.1) is 5.82 Å². The van der Waals surface area contributed by atoms with Crippen LogP contribution in [-0.4, -0.2) is 11.7 Å². The number of amides is 1. The predicted octanol–water partition coefficient (Wildman–Crippen LogP) is 4.11. The standard InChI is InChI=1S/C18H18FNOS/c19-14-7-8-17-15(12-14)16(10-11-22-17)20-18(21)9-6-13-4-2-1-3-5-13/h1-5,7-8,12,16H,6,9-11H2,(H,20,21). The first-order valence-corrected chi connectivity index (χ1v) is 8.46. The molecule has 1 aliphatic heterocycles. The molecule has 1 aliphatic rings. The molecule has 0 bridgehead atoms. The van der Waals surface area contributed by atoms with Crippen LogP contribution >= 0.6 is 11.8 Å². The molecule has 4 heteroatoms. The molecule has 0 saturated carbocycles. The zero-order chi connectivity index (χ0) is 15.4. The van der Waals surface area contributed by atoms with Crippen molar-refractivity contribution in [3.05, 3.63) is 65.5 Å². The van der Waals surface area contributed by atoms with Gasteiger partial charge in [-0.15, -0.1) is 11.8 Å². The van der Waals surface area contributed by atoms with Gasteiger partial charge in [0.15, 0.2) is 0 Å². The summed E-state index contributed by atoms with van der Waals surface area (Å²) in [7, 11) is 0. The normalized spacial score (nSPS) is 16.9. The summed E-state index contributed by atoms with van der Waals surface area (Å²) in [4.78, 5) is 13.2. The lowest BCUT2D eigenvalue weighted by Crippen LogP contribution is -2.30. The number of carbonyl (C=O) groups is 1. The Bertz CT molecular complexity index is 659. The van der Waals surface area contributed by atoms with Gasteiger partial charge in [-0.1, -0.05) is 30.3 Å². The van der Waals surface area contributed by atoms with Crippen molar-refractivity contribution in [3.63, 3.8) is 0 Å². The van der Waals surface area contributed by atoms with E-state index >= 15 is 0 Å². The zero-order valence-corrected chi connectivity index (χ0v) is 13.0. The summed E-state index contributed by atoms with van der Waals surface area (Å²) in [5.41, 5.74) is 2.06. The molecule has 0 aromatic heterocycles. The topological polar surface area (TPSA) is 29.1 Å². The first-order valence-electron chi connectivity index (χ1n) is 7.48. The number of aryl methyl sites for hydroxylation is 1. The van der Waals surface area contributed by atoms with Gasteiger partial charge in [0.05, 0.1) is 6.04 Å². The first-order chi connectivity index (χ1) is 10.7. The fraction of sp³-hybridized carbons (Fsp3) is 0.278. The summed E-state index contributed by atoms with van der Waals surface area (Å²) in [5, 5.41) is 3.05. The summed E-state index contributed by atoms with van der Waals surface area (Å²) in [6.07, 6.45) is 2.03. The molecule has 2 nitrogen and oxygen atoms in total. The van der Waals surface area contributed by atoms with Crippen LogP contribution in [0.4, 0.5) is 4.39 Å². The van der Waals surface area contributed by atoms with Crippen molar-refractivity contribution in [2.24, 2.45) is 0 Å². The van der Waals surface area contributed by atoms with E-state index in [-0.39, 0.29) is 17.8 Å². The second-order valence-corrected chi connectivity index (χ2v) is 6.56. The van der Waals surface area contributed by atoms with Gasteiger partial charge in [-0.05, 0) is 42.2 Å². The monoisotopic (exact) mass is 315 g/mol. The van der Waals surface area contributed by atoms with Crippen LogP contribution in [0.5, 0.6) is 0 Å². The van der Waals surface area contributed by atoms with E-state index in [2.05, 4.69) is 5.32 Å². The van der Waals surface area contributed by atoms with E-state index < -0.39 is 0 Å². The van der Waals surface area contributed by atoms with E-state index in [1.165, 1.54) is 6.07 Å². The number of rotatable bonds is 4. The fourth-order valence-electron chi connectivity index (χ4n) is 2.68. The van der Waals surface area contributed by atoms with Gasteiger partial charge >= 0.3 is 0 Å². The molecule has 0 fully saturated rings. The second kappa shape index (κ2) is 6.97. The zero-order valence-electron chi connectivity index (χ0n) is 12.2. The Kier molecular flexibility index (Phi) is 4.78. The minimum Gasteiger partial charge on any atom is -0.349 e. The van der Waals surface area contributed by atoms with Gasteiger partial charge in [0, 0.05) is 17.1 Å². The molecule has 0 spiro atoms. The van der Waals surface area contributed by atoms with Crippen molar-refractivity contribution < 1.29 is 9.18 Å². The smallest absolute Gasteiger partial charge is 0.220 e. The average Bonchev–Trinajstić information content (AvgIpc) is 2.54. The average molecular weight is 315 g/mol. The van der Waals surface area contributed by atoms with Crippen molar-refractivity contribution in [2.45, 2.75) is 30.2 Å². The lowest BCUT2D eigenvalue weighted by atomic mass is 10.0. The molecule has 22 heavy (non-hydrogen) atoms. The number of halogens is 1. The number of hydrogen-bond acceptors (Lipinski definition) is 2. The molecule has 0 aliphatic carbocycles. The number of benzene rings is 2. The maximum absolute atomic E-state index is 13.5. The van der Waals surface area contributed by atoms with Crippen molar-refractivity contribution >= 4 is 17.7 Å². The van der Waals surface area contributed by atoms with E-state index in [1.807, 2.05) is 30.3 Å². The summed E-state index contributed by atoms with van der Waals surface area (Å²) in [6.45, 7) is 0. The first kappa shape index (κ1) is 15.1. The van der Waals surface area contributed by atoms with Gasteiger partial charge in [0.1, 0.15) is 5.82 Å². The number of thioether (sulfide) groups is 1. The lowest BCUT2D eigenvalue weighted by molar-refractivity contribution is -0.121. The quantitative estimate of drug-likeness (QED) is 0.920. The second-order valence-electron chi connectivity index (χ2n) is 5.42. The highest BCUT2D eigenvalue weighted by atomic mass is 32.2. The largest absolute Gasteiger partial charge is 0.349 e. The molecule has 1 N–H and O–H groups in total. The van der Waals surface area contributed by atoms with Gasteiger partial charge in [-0.2, -0.15) is 0 Å². The Labute approximate surface area is 134 Å². The fourth-order valence-corrected chi connectivity index (χ4v) is 3.79. The molecule has 0 radical (unpaired) electrons. The van der Waals surface area contributed by atoms with Gasteiger partial charge in [0.2, 0.25) is 5.91 Å². The third-order valence-corrected chi connectivity index (χ3v) is 4.95. The van der Waals surface area contributed by atoms with Crippen molar-refractivity contribution in [1.29, 1.82) is 0 Å². The van der Waals surface area contributed by atoms with Crippen LogP contribution in [0.3, 0.4) is 0 Å². The van der Waals surface area contributed by atoms with E-state index in [0.29, 0.717) is 6.42 Å². The van der Waals surface area contributed by atoms with E-state index in [1.54, 1.807) is 23.9 Å². The highest BCUT2D eigenvalue weighted by molar-refractivity contribution is 7.99. The van der Waals surface area contributed by atoms with Crippen LogP contribution in [0.25, 0.3) is 0 Å². The molecular weight excluding hydrogens is 297 g/mol. The van der Waals surface area contributed by atoms with E-state index in [4.69, 9.17) is 0 Å². The minimum atomic E-state index is -0.246. The van der Waals surface area contributed by atoms with E-state index in [0.717, 1.165) is 34.6 Å². The number of hydrogen-bond donors (Lipinski definition) is 1. The van der Waals surface area contributed by atoms with Crippen molar-refractivity contribution in [3.8, 4) is 0 Å². The molecule has 2 aromatic carbocycles. The molecule has 0 saturated heterocycles. The molecule has 1 heterocycles. The minimum absolute atomic E-state index is 0.0240. The Morgan fingerprint density at radius 2 is 2.05 bits per heavy atom. The molecule has 3 rings (SSSR count). The third kappa shape index (κ3) is 3.69. The summed E-state index contributed by atoms with van der Waals surface area (Å²) in [6, 6.07) is 14.7. The molecular formula is C18H18FNOS. The molecule has 1 amide bonds. The maximum Gasteiger partial charge on any atom is 0.220 e. The lowest BCUT2D eigenvalue weighted by Gasteiger charge is -2.26. The highest BCUT2D eigenvalue weighted by Gasteiger charge is 2.22. The molecule has 1 atom stereocenters. The van der Waals surface area contributed by atoms with Crippen LogP contribution in [-0.2, 0) is 11.2 Å². The Morgan fingerprint density at radius 3 is 2.86 bits per heavy atom. The Hall–Kier alpha value is -1.81. The summed E-state index contributed by atoms with van der Waals surface area (Å²) < 4.78 is 13.5. The molecule has 2 aromatic rings. The van der Waals surface area contributed by atoms with Crippen LogP contribution < -0.4 is 5.32 Å². The summed E-state index contributed by atoms with van der Waals surface area (Å²) >= 11 is 1.72.